The zero-order valence-corrected chi connectivity index (χ0v) is 20.2. The van der Waals surface area contributed by atoms with Crippen LogP contribution in [0.1, 0.15) is 50.1 Å². The standard InChI is InChI=1S/C24H30N6O3S/c1-28-23(32)22-19(11-15-34-22)30-20(26-27-24(28)30)9-4-10-21(31)25-12-13-29(17-6-2-3-7-17)16-18-8-5-14-33-18/h5,8,11,14-15,17H,2-4,6-7,9-10,12-13,16H2,1H3,(H,25,31). The van der Waals surface area contributed by atoms with Crippen LogP contribution in [0.4, 0.5) is 0 Å². The number of thiophene rings is 1. The van der Waals surface area contributed by atoms with Crippen molar-refractivity contribution in [1.29, 1.82) is 0 Å². The number of hydrogen-bond donors (Lipinski definition) is 1. The van der Waals surface area contributed by atoms with E-state index in [0.29, 0.717) is 42.3 Å². The van der Waals surface area contributed by atoms with Crippen molar-refractivity contribution in [1.82, 2.24) is 29.4 Å². The molecule has 1 fully saturated rings. The van der Waals surface area contributed by atoms with E-state index in [1.165, 1.54) is 41.6 Å². The van der Waals surface area contributed by atoms with Crippen molar-refractivity contribution < 1.29 is 9.21 Å². The molecule has 1 aliphatic carbocycles. The summed E-state index contributed by atoms with van der Waals surface area (Å²) in [6, 6.07) is 6.42. The Bertz CT molecular complexity index is 1320. The molecule has 1 N–H and O–H groups in total. The summed E-state index contributed by atoms with van der Waals surface area (Å²) < 4.78 is 9.69. The third kappa shape index (κ3) is 4.65. The molecule has 1 saturated carbocycles. The summed E-state index contributed by atoms with van der Waals surface area (Å²) in [6.45, 7) is 2.23. The van der Waals surface area contributed by atoms with Gasteiger partial charge in [-0.2, -0.15) is 0 Å². The molecular formula is C24H30N6O3S. The highest BCUT2D eigenvalue weighted by Gasteiger charge is 2.23. The van der Waals surface area contributed by atoms with Gasteiger partial charge in [0, 0.05) is 39.0 Å². The first-order valence-corrected chi connectivity index (χ1v) is 12.8. The number of furan rings is 1. The second-order valence-electron chi connectivity index (χ2n) is 8.94. The monoisotopic (exact) mass is 482 g/mol. The van der Waals surface area contributed by atoms with Crippen LogP contribution in [0.15, 0.2) is 39.1 Å². The molecular weight excluding hydrogens is 452 g/mol. The van der Waals surface area contributed by atoms with Crippen LogP contribution < -0.4 is 10.9 Å². The Morgan fingerprint density at radius 3 is 2.94 bits per heavy atom. The summed E-state index contributed by atoms with van der Waals surface area (Å²) in [5.41, 5.74) is 0.769. The Morgan fingerprint density at radius 1 is 1.29 bits per heavy atom. The molecule has 0 spiro atoms. The third-order valence-electron chi connectivity index (χ3n) is 6.70. The smallest absolute Gasteiger partial charge is 0.272 e. The van der Waals surface area contributed by atoms with Gasteiger partial charge in [-0.15, -0.1) is 21.5 Å². The van der Waals surface area contributed by atoms with E-state index in [4.69, 9.17) is 4.42 Å². The number of aryl methyl sites for hydroxylation is 2. The number of hydrogen-bond acceptors (Lipinski definition) is 7. The fourth-order valence-corrected chi connectivity index (χ4v) is 5.76. The molecule has 0 atom stereocenters. The Hall–Kier alpha value is -2.98. The van der Waals surface area contributed by atoms with Gasteiger partial charge in [0.25, 0.3) is 5.56 Å². The van der Waals surface area contributed by atoms with E-state index in [2.05, 4.69) is 20.4 Å². The lowest BCUT2D eigenvalue weighted by molar-refractivity contribution is -0.121. The van der Waals surface area contributed by atoms with Gasteiger partial charge in [-0.1, -0.05) is 12.8 Å². The van der Waals surface area contributed by atoms with Gasteiger partial charge in [0.15, 0.2) is 0 Å². The van der Waals surface area contributed by atoms with Gasteiger partial charge in [-0.05, 0) is 42.8 Å². The fourth-order valence-electron chi connectivity index (χ4n) is 4.91. The lowest BCUT2D eigenvalue weighted by Crippen LogP contribution is -2.39. The van der Waals surface area contributed by atoms with Gasteiger partial charge in [0.2, 0.25) is 11.7 Å². The van der Waals surface area contributed by atoms with Crippen LogP contribution in [0.25, 0.3) is 16.0 Å². The van der Waals surface area contributed by atoms with Crippen molar-refractivity contribution in [3.05, 3.63) is 51.8 Å². The van der Waals surface area contributed by atoms with Crippen molar-refractivity contribution in [2.24, 2.45) is 7.05 Å². The number of carbonyl (C=O) groups is 1. The third-order valence-corrected chi connectivity index (χ3v) is 7.59. The van der Waals surface area contributed by atoms with Crippen LogP contribution >= 0.6 is 11.3 Å². The first kappa shape index (κ1) is 22.8. The molecule has 5 rings (SSSR count). The maximum absolute atomic E-state index is 12.5. The molecule has 9 nitrogen and oxygen atoms in total. The fraction of sp³-hybridized carbons (Fsp3) is 0.500. The number of nitrogens with zero attached hydrogens (tertiary/aromatic N) is 5. The molecule has 0 aliphatic heterocycles. The number of aromatic nitrogens is 4. The van der Waals surface area contributed by atoms with Crippen LogP contribution in [0.3, 0.4) is 0 Å². The highest BCUT2D eigenvalue weighted by molar-refractivity contribution is 7.17. The second kappa shape index (κ2) is 10.1. The van der Waals surface area contributed by atoms with Crippen LogP contribution in [-0.2, 0) is 24.8 Å². The average Bonchev–Trinajstić information content (AvgIpc) is 3.63. The van der Waals surface area contributed by atoms with Gasteiger partial charge < -0.3 is 9.73 Å². The summed E-state index contributed by atoms with van der Waals surface area (Å²) in [7, 11) is 1.71. The Kier molecular flexibility index (Phi) is 6.77. The van der Waals surface area contributed by atoms with Crippen LogP contribution in [-0.4, -0.2) is 49.1 Å². The molecule has 4 aromatic heterocycles. The van der Waals surface area contributed by atoms with Gasteiger partial charge >= 0.3 is 0 Å². The molecule has 34 heavy (non-hydrogen) atoms. The first-order chi connectivity index (χ1) is 16.6. The van der Waals surface area contributed by atoms with Crippen LogP contribution in [0.5, 0.6) is 0 Å². The van der Waals surface area contributed by atoms with Crippen molar-refractivity contribution in [2.45, 2.75) is 57.5 Å². The van der Waals surface area contributed by atoms with Gasteiger partial charge in [-0.3, -0.25) is 23.5 Å². The normalized spacial score (nSPS) is 14.6. The van der Waals surface area contributed by atoms with E-state index in [-0.39, 0.29) is 11.5 Å². The minimum absolute atomic E-state index is 0.0475. The highest BCUT2D eigenvalue weighted by Crippen LogP contribution is 2.25. The minimum atomic E-state index is -0.0606. The first-order valence-electron chi connectivity index (χ1n) is 11.9. The van der Waals surface area contributed by atoms with Crippen molar-refractivity contribution >= 4 is 33.2 Å². The zero-order chi connectivity index (χ0) is 23.5. The molecule has 0 aromatic carbocycles. The molecule has 180 valence electrons. The van der Waals surface area contributed by atoms with E-state index in [1.807, 2.05) is 28.0 Å². The van der Waals surface area contributed by atoms with Crippen LogP contribution in [0.2, 0.25) is 0 Å². The van der Waals surface area contributed by atoms with Gasteiger partial charge in [0.1, 0.15) is 16.3 Å². The quantitative estimate of drug-likeness (QED) is 0.373. The lowest BCUT2D eigenvalue weighted by Gasteiger charge is -2.28. The summed E-state index contributed by atoms with van der Waals surface area (Å²) in [5.74, 6) is 2.31. The Labute approximate surface area is 201 Å². The minimum Gasteiger partial charge on any atom is -0.468 e. The van der Waals surface area contributed by atoms with Gasteiger partial charge in [0.05, 0.1) is 18.3 Å². The molecule has 0 unspecified atom stereocenters. The largest absolute Gasteiger partial charge is 0.468 e. The van der Waals surface area contributed by atoms with Crippen molar-refractivity contribution in [2.75, 3.05) is 13.1 Å². The topological polar surface area (TPSA) is 97.7 Å². The summed E-state index contributed by atoms with van der Waals surface area (Å²) in [4.78, 5) is 27.4. The van der Waals surface area contributed by atoms with E-state index in [9.17, 15) is 9.59 Å². The Balaban J connectivity index is 1.14. The molecule has 4 heterocycles. The van der Waals surface area contributed by atoms with E-state index in [1.54, 1.807) is 13.3 Å². The molecule has 10 heteroatoms. The number of carbonyl (C=O) groups excluding carboxylic acids is 1. The summed E-state index contributed by atoms with van der Waals surface area (Å²) >= 11 is 1.42. The maximum atomic E-state index is 12.5. The lowest BCUT2D eigenvalue weighted by atomic mass is 10.2. The predicted octanol–water partition coefficient (Wildman–Crippen LogP) is 3.12. The molecule has 1 aliphatic rings. The maximum Gasteiger partial charge on any atom is 0.272 e. The SMILES string of the molecule is Cn1c(=O)c2sccc2n2c(CCCC(=O)NCCN(Cc3ccco3)C3CCCC3)nnc12. The van der Waals surface area contributed by atoms with E-state index < -0.39 is 0 Å². The summed E-state index contributed by atoms with van der Waals surface area (Å²) in [5, 5.41) is 13.5. The van der Waals surface area contributed by atoms with Crippen molar-refractivity contribution in [3.63, 3.8) is 0 Å². The molecule has 0 radical (unpaired) electrons. The zero-order valence-electron chi connectivity index (χ0n) is 19.4. The second-order valence-corrected chi connectivity index (χ2v) is 9.86. The van der Waals surface area contributed by atoms with E-state index in [0.717, 1.165) is 30.2 Å². The molecule has 0 bridgehead atoms. The Morgan fingerprint density at radius 2 is 2.15 bits per heavy atom. The predicted molar refractivity (Wildman–Crippen MR) is 131 cm³/mol. The number of rotatable bonds is 10. The highest BCUT2D eigenvalue weighted by atomic mass is 32.1. The van der Waals surface area contributed by atoms with Gasteiger partial charge in [-0.25, -0.2) is 0 Å². The molecule has 0 saturated heterocycles. The molecule has 4 aromatic rings. The molecule has 1 amide bonds. The number of amides is 1. The number of nitrogens with one attached hydrogen (secondary N) is 1. The number of fused-ring (bicyclic) bond motifs is 3. The average molecular weight is 483 g/mol. The van der Waals surface area contributed by atoms with Crippen LogP contribution in [0, 0.1) is 0 Å². The van der Waals surface area contributed by atoms with Crippen molar-refractivity contribution in [3.8, 4) is 0 Å². The summed E-state index contributed by atoms with van der Waals surface area (Å²) in [6.07, 6.45) is 8.39. The van der Waals surface area contributed by atoms with E-state index >= 15 is 0 Å².